The summed E-state index contributed by atoms with van der Waals surface area (Å²) in [6.07, 6.45) is 0. The molecule has 0 bridgehead atoms. The Morgan fingerprint density at radius 3 is 2.52 bits per heavy atom. The second-order valence-corrected chi connectivity index (χ2v) is 4.91. The van der Waals surface area contributed by atoms with Crippen molar-refractivity contribution in [3.63, 3.8) is 0 Å². The van der Waals surface area contributed by atoms with Gasteiger partial charge in [-0.2, -0.15) is 0 Å². The van der Waals surface area contributed by atoms with Crippen LogP contribution < -0.4 is 5.32 Å². The second-order valence-electron chi connectivity index (χ2n) is 4.91. The lowest BCUT2D eigenvalue weighted by Crippen LogP contribution is -2.35. The Morgan fingerprint density at radius 2 is 1.76 bits per heavy atom. The summed E-state index contributed by atoms with van der Waals surface area (Å²) >= 11 is 0. The van der Waals surface area contributed by atoms with Gasteiger partial charge in [0.25, 0.3) is 5.91 Å². The van der Waals surface area contributed by atoms with Gasteiger partial charge in [0, 0.05) is 17.8 Å². The van der Waals surface area contributed by atoms with Gasteiger partial charge in [0.1, 0.15) is 12.3 Å². The Bertz CT molecular complexity index is 695. The topological polar surface area (TPSA) is 69.6 Å². The number of phenols is 1. The van der Waals surface area contributed by atoms with E-state index in [-0.39, 0.29) is 24.1 Å². The standard InChI is InChI=1S/C16H14N2O3/c19-13-7-5-11(6-8-13)16(21)18-9-12-3-1-2-4-14(12)17-15(20)10-18/h1-8,19H,9-10H2,(H,17,20). The maximum Gasteiger partial charge on any atom is 0.254 e. The Hall–Kier alpha value is -2.82. The molecule has 21 heavy (non-hydrogen) atoms. The third-order valence-corrected chi connectivity index (χ3v) is 3.39. The van der Waals surface area contributed by atoms with Gasteiger partial charge in [0.2, 0.25) is 5.91 Å². The van der Waals surface area contributed by atoms with Crippen LogP contribution in [-0.4, -0.2) is 28.4 Å². The molecule has 2 amide bonds. The second kappa shape index (κ2) is 5.28. The fraction of sp³-hybridized carbons (Fsp3) is 0.125. The van der Waals surface area contributed by atoms with Crippen molar-refractivity contribution in [1.82, 2.24) is 4.90 Å². The first-order chi connectivity index (χ1) is 10.1. The molecular formula is C16H14N2O3. The van der Waals surface area contributed by atoms with Crippen LogP contribution in [0.2, 0.25) is 0 Å². The van der Waals surface area contributed by atoms with E-state index < -0.39 is 0 Å². The number of aromatic hydroxyl groups is 1. The number of hydrogen-bond donors (Lipinski definition) is 2. The zero-order valence-corrected chi connectivity index (χ0v) is 11.2. The smallest absolute Gasteiger partial charge is 0.254 e. The fourth-order valence-corrected chi connectivity index (χ4v) is 2.33. The van der Waals surface area contributed by atoms with Crippen LogP contribution in [0, 0.1) is 0 Å². The molecule has 0 unspecified atom stereocenters. The molecule has 5 heteroatoms. The summed E-state index contributed by atoms with van der Waals surface area (Å²) in [4.78, 5) is 25.9. The van der Waals surface area contributed by atoms with E-state index in [1.807, 2.05) is 24.3 Å². The average molecular weight is 282 g/mol. The van der Waals surface area contributed by atoms with Crippen molar-refractivity contribution in [2.75, 3.05) is 11.9 Å². The molecule has 0 aromatic heterocycles. The average Bonchev–Trinajstić information content (AvgIpc) is 2.65. The highest BCUT2D eigenvalue weighted by molar-refractivity contribution is 6.00. The summed E-state index contributed by atoms with van der Waals surface area (Å²) in [6, 6.07) is 13.4. The van der Waals surface area contributed by atoms with E-state index in [0.29, 0.717) is 12.1 Å². The highest BCUT2D eigenvalue weighted by Crippen LogP contribution is 2.22. The molecule has 5 nitrogen and oxygen atoms in total. The molecule has 0 spiro atoms. The predicted molar refractivity (Wildman–Crippen MR) is 77.9 cm³/mol. The Labute approximate surface area is 121 Å². The highest BCUT2D eigenvalue weighted by Gasteiger charge is 2.23. The molecule has 0 radical (unpaired) electrons. The quantitative estimate of drug-likeness (QED) is 0.840. The molecule has 0 saturated heterocycles. The molecule has 0 aliphatic carbocycles. The summed E-state index contributed by atoms with van der Waals surface area (Å²) < 4.78 is 0. The minimum atomic E-state index is -0.234. The van der Waals surface area contributed by atoms with Crippen molar-refractivity contribution >= 4 is 17.5 Å². The number of rotatable bonds is 1. The summed E-state index contributed by atoms with van der Waals surface area (Å²) in [5.74, 6) is -0.348. The van der Waals surface area contributed by atoms with Crippen LogP contribution in [0.4, 0.5) is 5.69 Å². The minimum absolute atomic E-state index is 0.00832. The first-order valence-electron chi connectivity index (χ1n) is 6.59. The van der Waals surface area contributed by atoms with Crippen LogP contribution in [0.5, 0.6) is 5.75 Å². The van der Waals surface area contributed by atoms with Crippen molar-refractivity contribution < 1.29 is 14.7 Å². The maximum atomic E-state index is 12.5. The number of hydrogen-bond acceptors (Lipinski definition) is 3. The molecule has 3 rings (SSSR count). The molecule has 106 valence electrons. The highest BCUT2D eigenvalue weighted by atomic mass is 16.3. The minimum Gasteiger partial charge on any atom is -0.508 e. The summed E-state index contributed by atoms with van der Waals surface area (Å²) in [5, 5.41) is 12.1. The molecule has 1 heterocycles. The van der Waals surface area contributed by atoms with Gasteiger partial charge >= 0.3 is 0 Å². The van der Waals surface area contributed by atoms with E-state index in [0.717, 1.165) is 11.3 Å². The first-order valence-corrected chi connectivity index (χ1v) is 6.59. The molecule has 1 aliphatic rings. The fourth-order valence-electron chi connectivity index (χ4n) is 2.33. The molecule has 2 aromatic rings. The monoisotopic (exact) mass is 282 g/mol. The number of nitrogens with one attached hydrogen (secondary N) is 1. The number of carbonyl (C=O) groups excluding carboxylic acids is 2. The van der Waals surface area contributed by atoms with Crippen molar-refractivity contribution in [3.8, 4) is 5.75 Å². The SMILES string of the molecule is O=C1CN(C(=O)c2ccc(O)cc2)Cc2ccccc2N1. The lowest BCUT2D eigenvalue weighted by Gasteiger charge is -2.19. The van der Waals surface area contributed by atoms with Crippen LogP contribution >= 0.6 is 0 Å². The largest absolute Gasteiger partial charge is 0.508 e. The number of fused-ring (bicyclic) bond motifs is 1. The van der Waals surface area contributed by atoms with Gasteiger partial charge in [-0.3, -0.25) is 9.59 Å². The normalized spacial score (nSPS) is 14.1. The predicted octanol–water partition coefficient (Wildman–Crippen LogP) is 1.99. The van der Waals surface area contributed by atoms with Crippen LogP contribution in [0.3, 0.4) is 0 Å². The molecule has 1 aliphatic heterocycles. The molecular weight excluding hydrogens is 268 g/mol. The van der Waals surface area contributed by atoms with E-state index in [1.54, 1.807) is 12.1 Å². The van der Waals surface area contributed by atoms with Gasteiger partial charge in [-0.05, 0) is 35.9 Å². The number of nitrogens with zero attached hydrogens (tertiary/aromatic N) is 1. The summed E-state index contributed by atoms with van der Waals surface area (Å²) in [7, 11) is 0. The molecule has 0 saturated carbocycles. The number of benzene rings is 2. The third-order valence-electron chi connectivity index (χ3n) is 3.39. The zero-order chi connectivity index (χ0) is 14.8. The number of amides is 2. The van der Waals surface area contributed by atoms with E-state index in [4.69, 9.17) is 0 Å². The van der Waals surface area contributed by atoms with Crippen molar-refractivity contribution in [2.45, 2.75) is 6.54 Å². The molecule has 0 fully saturated rings. The molecule has 2 aromatic carbocycles. The summed E-state index contributed by atoms with van der Waals surface area (Å²) in [5.41, 5.74) is 2.08. The number of carbonyl (C=O) groups is 2. The molecule has 0 atom stereocenters. The number of anilines is 1. The lowest BCUT2D eigenvalue weighted by atomic mass is 10.1. The van der Waals surface area contributed by atoms with Crippen LogP contribution in [0.25, 0.3) is 0 Å². The van der Waals surface area contributed by atoms with Crippen LogP contribution in [0.1, 0.15) is 15.9 Å². The lowest BCUT2D eigenvalue weighted by molar-refractivity contribution is -0.116. The van der Waals surface area contributed by atoms with Crippen molar-refractivity contribution in [2.24, 2.45) is 0 Å². The molecule has 2 N–H and O–H groups in total. The number of phenolic OH excluding ortho intramolecular Hbond substituents is 1. The van der Waals surface area contributed by atoms with E-state index in [1.165, 1.54) is 17.0 Å². The van der Waals surface area contributed by atoms with Gasteiger partial charge in [0.15, 0.2) is 0 Å². The van der Waals surface area contributed by atoms with Gasteiger partial charge in [-0.15, -0.1) is 0 Å². The zero-order valence-electron chi connectivity index (χ0n) is 11.2. The van der Waals surface area contributed by atoms with Gasteiger partial charge in [-0.1, -0.05) is 18.2 Å². The Balaban J connectivity index is 1.90. The maximum absolute atomic E-state index is 12.5. The van der Waals surface area contributed by atoms with Crippen LogP contribution in [-0.2, 0) is 11.3 Å². The van der Waals surface area contributed by atoms with Gasteiger partial charge < -0.3 is 15.3 Å². The van der Waals surface area contributed by atoms with Crippen molar-refractivity contribution in [1.29, 1.82) is 0 Å². The van der Waals surface area contributed by atoms with Crippen LogP contribution in [0.15, 0.2) is 48.5 Å². The van der Waals surface area contributed by atoms with E-state index in [2.05, 4.69) is 5.32 Å². The van der Waals surface area contributed by atoms with Gasteiger partial charge in [0.05, 0.1) is 0 Å². The first kappa shape index (κ1) is 13.2. The van der Waals surface area contributed by atoms with Crippen molar-refractivity contribution in [3.05, 3.63) is 59.7 Å². The van der Waals surface area contributed by atoms with E-state index in [9.17, 15) is 14.7 Å². The van der Waals surface area contributed by atoms with E-state index >= 15 is 0 Å². The van der Waals surface area contributed by atoms with Gasteiger partial charge in [-0.25, -0.2) is 0 Å². The number of para-hydroxylation sites is 1. The Morgan fingerprint density at radius 1 is 1.05 bits per heavy atom. The summed E-state index contributed by atoms with van der Waals surface area (Å²) in [6.45, 7) is 0.378. The third kappa shape index (κ3) is 2.72. The Kier molecular flexibility index (Phi) is 3.31.